The van der Waals surface area contributed by atoms with Gasteiger partial charge in [-0.1, -0.05) is 37.3 Å². The van der Waals surface area contributed by atoms with Gasteiger partial charge in [0.2, 0.25) is 0 Å². The molecule has 0 aliphatic carbocycles. The highest BCUT2D eigenvalue weighted by molar-refractivity contribution is 7.85. The summed E-state index contributed by atoms with van der Waals surface area (Å²) in [5.74, 6) is -0.682. The van der Waals surface area contributed by atoms with E-state index in [4.69, 9.17) is 0 Å². The molecule has 1 aromatic heterocycles. The van der Waals surface area contributed by atoms with Crippen LogP contribution in [-0.2, 0) is 34.2 Å². The van der Waals surface area contributed by atoms with Gasteiger partial charge in [0.25, 0.3) is 0 Å². The molecule has 3 nitrogen and oxygen atoms in total. The molecule has 2 rings (SSSR count). The molecule has 0 spiro atoms. The smallest absolute Gasteiger partial charge is 0.319 e. The molecule has 0 aliphatic heterocycles. The zero-order chi connectivity index (χ0) is 15.2. The fourth-order valence-corrected chi connectivity index (χ4v) is 4.57. The van der Waals surface area contributed by atoms with Crippen LogP contribution in [0.15, 0.2) is 42.5 Å². The Morgan fingerprint density at radius 3 is 2.43 bits per heavy atom. The second-order valence-electron chi connectivity index (χ2n) is 4.76. The van der Waals surface area contributed by atoms with Gasteiger partial charge in [0.15, 0.2) is 0 Å². The zero-order valence-electron chi connectivity index (χ0n) is 11.8. The largest absolute Gasteiger partial charge is 0.480 e. The molecule has 0 amide bonds. The first-order valence-corrected chi connectivity index (χ1v) is 9.01. The Bertz CT molecular complexity index is 619. The van der Waals surface area contributed by atoms with Crippen LogP contribution in [-0.4, -0.2) is 20.5 Å². The highest BCUT2D eigenvalue weighted by Crippen LogP contribution is 2.20. The van der Waals surface area contributed by atoms with Crippen molar-refractivity contribution in [3.63, 3.8) is 0 Å². The molecule has 21 heavy (non-hydrogen) atoms. The first-order chi connectivity index (χ1) is 10.1. The lowest BCUT2D eigenvalue weighted by atomic mass is 10.1. The van der Waals surface area contributed by atoms with Crippen molar-refractivity contribution in [1.29, 1.82) is 0 Å². The van der Waals surface area contributed by atoms with E-state index in [1.165, 1.54) is 4.88 Å². The van der Waals surface area contributed by atoms with E-state index in [1.54, 1.807) is 11.3 Å². The minimum atomic E-state index is -1.42. The van der Waals surface area contributed by atoms with Crippen molar-refractivity contribution >= 4 is 28.1 Å². The third-order valence-corrected chi connectivity index (χ3v) is 6.22. The maximum absolute atomic E-state index is 12.4. The third-order valence-electron chi connectivity index (χ3n) is 3.21. The van der Waals surface area contributed by atoms with Crippen molar-refractivity contribution in [3.05, 3.63) is 57.8 Å². The van der Waals surface area contributed by atoms with Gasteiger partial charge in [0, 0.05) is 20.6 Å². The van der Waals surface area contributed by atoms with E-state index >= 15 is 0 Å². The van der Waals surface area contributed by atoms with Crippen LogP contribution in [0, 0.1) is 0 Å². The molecule has 1 aromatic carbocycles. The first-order valence-electron chi connectivity index (χ1n) is 6.81. The molecule has 2 unspecified atom stereocenters. The Hall–Kier alpha value is -1.46. The van der Waals surface area contributed by atoms with Crippen molar-refractivity contribution in [2.75, 3.05) is 0 Å². The van der Waals surface area contributed by atoms with Gasteiger partial charge < -0.3 is 5.11 Å². The van der Waals surface area contributed by atoms with E-state index in [1.807, 2.05) is 42.5 Å². The number of carboxylic acids is 1. The fourth-order valence-electron chi connectivity index (χ4n) is 2.05. The van der Waals surface area contributed by atoms with Crippen LogP contribution in [0.3, 0.4) is 0 Å². The van der Waals surface area contributed by atoms with Crippen molar-refractivity contribution < 1.29 is 14.1 Å². The van der Waals surface area contributed by atoms with Crippen LogP contribution in [0.25, 0.3) is 0 Å². The van der Waals surface area contributed by atoms with E-state index in [0.717, 1.165) is 16.9 Å². The SMILES string of the molecule is CCc1ccc(CS(=O)C(Cc2ccccc2)C(=O)O)s1. The summed E-state index contributed by atoms with van der Waals surface area (Å²) < 4.78 is 12.4. The molecule has 0 saturated heterocycles. The highest BCUT2D eigenvalue weighted by atomic mass is 32.2. The van der Waals surface area contributed by atoms with Gasteiger partial charge in [0.05, 0.1) is 5.75 Å². The number of benzene rings is 1. The van der Waals surface area contributed by atoms with E-state index in [9.17, 15) is 14.1 Å². The zero-order valence-corrected chi connectivity index (χ0v) is 13.5. The minimum Gasteiger partial charge on any atom is -0.480 e. The molecule has 5 heteroatoms. The topological polar surface area (TPSA) is 54.4 Å². The predicted octanol–water partition coefficient (Wildman–Crippen LogP) is 3.26. The predicted molar refractivity (Wildman–Crippen MR) is 87.1 cm³/mol. The average Bonchev–Trinajstić information content (AvgIpc) is 2.93. The lowest BCUT2D eigenvalue weighted by Crippen LogP contribution is -2.28. The molecular formula is C16H18O3S2. The molecule has 0 aliphatic rings. The number of hydrogen-bond donors (Lipinski definition) is 1. The van der Waals surface area contributed by atoms with Gasteiger partial charge in [-0.25, -0.2) is 0 Å². The molecule has 1 heterocycles. The number of hydrogen-bond acceptors (Lipinski definition) is 3. The molecule has 0 fully saturated rings. The summed E-state index contributed by atoms with van der Waals surface area (Å²) in [6.07, 6.45) is 1.25. The van der Waals surface area contributed by atoms with Crippen molar-refractivity contribution in [2.45, 2.75) is 30.8 Å². The summed E-state index contributed by atoms with van der Waals surface area (Å²) in [5.41, 5.74) is 0.902. The van der Waals surface area contributed by atoms with Crippen LogP contribution in [0.4, 0.5) is 0 Å². The molecule has 1 N–H and O–H groups in total. The lowest BCUT2D eigenvalue weighted by Gasteiger charge is -2.11. The molecule has 2 aromatic rings. The van der Waals surface area contributed by atoms with Crippen molar-refractivity contribution in [2.24, 2.45) is 0 Å². The average molecular weight is 322 g/mol. The van der Waals surface area contributed by atoms with Crippen molar-refractivity contribution in [1.82, 2.24) is 0 Å². The number of rotatable bonds is 7. The summed E-state index contributed by atoms with van der Waals surface area (Å²) in [6.45, 7) is 2.07. The number of aliphatic carboxylic acids is 1. The normalized spacial score (nSPS) is 13.8. The molecule has 0 bridgehead atoms. The fraction of sp³-hybridized carbons (Fsp3) is 0.312. The van der Waals surface area contributed by atoms with Gasteiger partial charge in [-0.2, -0.15) is 0 Å². The quantitative estimate of drug-likeness (QED) is 0.851. The van der Waals surface area contributed by atoms with Gasteiger partial charge in [-0.3, -0.25) is 9.00 Å². The summed E-state index contributed by atoms with van der Waals surface area (Å²) in [7, 11) is -1.42. The highest BCUT2D eigenvalue weighted by Gasteiger charge is 2.25. The number of carbonyl (C=O) groups is 1. The Kier molecular flexibility index (Phi) is 5.70. The second kappa shape index (κ2) is 7.52. The summed E-state index contributed by atoms with van der Waals surface area (Å²) in [4.78, 5) is 13.6. The second-order valence-corrected chi connectivity index (χ2v) is 7.64. The molecule has 0 saturated carbocycles. The third kappa shape index (κ3) is 4.51. The van der Waals surface area contributed by atoms with Crippen LogP contribution >= 0.6 is 11.3 Å². The first kappa shape index (κ1) is 15.9. The molecule has 0 radical (unpaired) electrons. The maximum Gasteiger partial charge on any atom is 0.319 e. The van der Waals surface area contributed by atoms with E-state index in [0.29, 0.717) is 12.2 Å². The van der Waals surface area contributed by atoms with Gasteiger partial charge in [-0.15, -0.1) is 11.3 Å². The Labute approximate surface area is 131 Å². The monoisotopic (exact) mass is 322 g/mol. The number of carboxylic acid groups (broad SMARTS) is 1. The number of aryl methyl sites for hydroxylation is 1. The standard InChI is InChI=1S/C16H18O3S2/c1-2-13-8-9-14(20-13)11-21(19)15(16(17)18)10-12-6-4-3-5-7-12/h3-9,15H,2,10-11H2,1H3,(H,17,18). The summed E-state index contributed by atoms with van der Waals surface area (Å²) in [5, 5.41) is 8.48. The lowest BCUT2D eigenvalue weighted by molar-refractivity contribution is -0.136. The van der Waals surface area contributed by atoms with Crippen LogP contribution in [0.2, 0.25) is 0 Å². The minimum absolute atomic E-state index is 0.300. The Morgan fingerprint density at radius 2 is 1.86 bits per heavy atom. The van der Waals surface area contributed by atoms with Gasteiger partial charge >= 0.3 is 5.97 Å². The Balaban J connectivity index is 2.07. The van der Waals surface area contributed by atoms with Crippen LogP contribution in [0.1, 0.15) is 22.2 Å². The number of thiophene rings is 1. The van der Waals surface area contributed by atoms with E-state index < -0.39 is 22.0 Å². The molecule has 112 valence electrons. The van der Waals surface area contributed by atoms with Crippen LogP contribution in [0.5, 0.6) is 0 Å². The maximum atomic E-state index is 12.4. The van der Waals surface area contributed by atoms with Gasteiger partial charge in [0.1, 0.15) is 5.25 Å². The van der Waals surface area contributed by atoms with Crippen molar-refractivity contribution in [3.8, 4) is 0 Å². The molecular weight excluding hydrogens is 304 g/mol. The van der Waals surface area contributed by atoms with E-state index in [2.05, 4.69) is 6.92 Å². The van der Waals surface area contributed by atoms with Gasteiger partial charge in [-0.05, 0) is 30.5 Å². The van der Waals surface area contributed by atoms with Crippen LogP contribution < -0.4 is 0 Å². The summed E-state index contributed by atoms with van der Waals surface area (Å²) in [6, 6.07) is 13.3. The van der Waals surface area contributed by atoms with E-state index in [-0.39, 0.29) is 0 Å². The molecule has 2 atom stereocenters. The Morgan fingerprint density at radius 1 is 1.19 bits per heavy atom. The summed E-state index contributed by atoms with van der Waals surface area (Å²) >= 11 is 1.61.